The van der Waals surface area contributed by atoms with Gasteiger partial charge >= 0.3 is 0 Å². The molecule has 0 bridgehead atoms. The minimum Gasteiger partial charge on any atom is -0.504 e. The highest BCUT2D eigenvalue weighted by Crippen LogP contribution is 2.25. The fourth-order valence-electron chi connectivity index (χ4n) is 2.45. The first kappa shape index (κ1) is 18.6. The number of hydrogen-bond acceptors (Lipinski definition) is 10. The smallest absolute Gasteiger partial charge is 0.250 e. The molecule has 10 heteroatoms. The molecule has 2 heterocycles. The summed E-state index contributed by atoms with van der Waals surface area (Å²) >= 11 is 0. The van der Waals surface area contributed by atoms with Crippen LogP contribution in [0.15, 0.2) is 23.3 Å². The van der Waals surface area contributed by atoms with Gasteiger partial charge in [-0.25, -0.2) is 5.43 Å². The monoisotopic (exact) mass is 373 g/mol. The third-order valence-corrected chi connectivity index (χ3v) is 3.89. The Morgan fingerprint density at radius 1 is 1.26 bits per heavy atom. The third kappa shape index (κ3) is 4.73. The van der Waals surface area contributed by atoms with Gasteiger partial charge in [0.05, 0.1) is 26.5 Å². The number of anilines is 3. The van der Waals surface area contributed by atoms with Gasteiger partial charge in [-0.15, -0.1) is 0 Å². The number of aromatic hydroxyl groups is 1. The first-order chi connectivity index (χ1) is 13.1. The van der Waals surface area contributed by atoms with Gasteiger partial charge in [-0.05, 0) is 23.8 Å². The average Bonchev–Trinajstić information content (AvgIpc) is 2.69. The van der Waals surface area contributed by atoms with Crippen LogP contribution in [0.25, 0.3) is 0 Å². The number of aromatic nitrogens is 3. The zero-order valence-corrected chi connectivity index (χ0v) is 15.6. The summed E-state index contributed by atoms with van der Waals surface area (Å²) in [5, 5.41) is 13.8. The second-order valence-corrected chi connectivity index (χ2v) is 6.05. The van der Waals surface area contributed by atoms with Gasteiger partial charge in [0.25, 0.3) is 0 Å². The summed E-state index contributed by atoms with van der Waals surface area (Å²) in [5.74, 6) is 1.92. The summed E-state index contributed by atoms with van der Waals surface area (Å²) in [5.41, 5.74) is 3.60. The number of rotatable bonds is 6. The van der Waals surface area contributed by atoms with E-state index < -0.39 is 0 Å². The van der Waals surface area contributed by atoms with E-state index in [-0.39, 0.29) is 5.75 Å². The van der Waals surface area contributed by atoms with Crippen molar-refractivity contribution in [3.63, 3.8) is 0 Å². The van der Waals surface area contributed by atoms with E-state index in [4.69, 9.17) is 9.47 Å². The Morgan fingerprint density at radius 3 is 2.74 bits per heavy atom. The van der Waals surface area contributed by atoms with E-state index in [0.29, 0.717) is 36.8 Å². The molecule has 0 radical (unpaired) electrons. The largest absolute Gasteiger partial charge is 0.504 e. The molecule has 1 saturated heterocycles. The Morgan fingerprint density at radius 2 is 2.04 bits per heavy atom. The third-order valence-electron chi connectivity index (χ3n) is 3.89. The molecule has 1 aromatic carbocycles. The number of phenolic OH excluding ortho intramolecular Hbond substituents is 1. The molecule has 1 fully saturated rings. The first-order valence-corrected chi connectivity index (χ1v) is 8.49. The maximum atomic E-state index is 9.64. The molecular weight excluding hydrogens is 350 g/mol. The van der Waals surface area contributed by atoms with Crippen LogP contribution in [0.1, 0.15) is 5.56 Å². The quantitative estimate of drug-likeness (QED) is 0.565. The van der Waals surface area contributed by atoms with Crippen LogP contribution in [0.5, 0.6) is 11.5 Å². The van der Waals surface area contributed by atoms with Gasteiger partial charge in [0.2, 0.25) is 17.8 Å². The Balaban J connectivity index is 1.78. The number of methoxy groups -OCH3 is 1. The molecule has 2 aromatic rings. The van der Waals surface area contributed by atoms with Gasteiger partial charge in [-0.3, -0.25) is 0 Å². The summed E-state index contributed by atoms with van der Waals surface area (Å²) in [4.78, 5) is 17.2. The van der Waals surface area contributed by atoms with Gasteiger partial charge in [0, 0.05) is 27.2 Å². The van der Waals surface area contributed by atoms with Crippen molar-refractivity contribution < 1.29 is 14.6 Å². The van der Waals surface area contributed by atoms with Crippen molar-refractivity contribution in [3.8, 4) is 11.5 Å². The molecule has 2 N–H and O–H groups in total. The number of nitrogens with zero attached hydrogens (tertiary/aromatic N) is 6. The zero-order chi connectivity index (χ0) is 19.2. The molecule has 10 nitrogen and oxygen atoms in total. The number of benzene rings is 1. The lowest BCUT2D eigenvalue weighted by molar-refractivity contribution is 0.122. The molecule has 0 spiro atoms. The van der Waals surface area contributed by atoms with Crippen LogP contribution >= 0.6 is 0 Å². The van der Waals surface area contributed by atoms with Crippen LogP contribution < -0.4 is 20.0 Å². The summed E-state index contributed by atoms with van der Waals surface area (Å²) < 4.78 is 10.5. The number of nitrogens with one attached hydrogen (secondary N) is 1. The van der Waals surface area contributed by atoms with Crippen LogP contribution in [0.2, 0.25) is 0 Å². The number of hydrogen-bond donors (Lipinski definition) is 2. The van der Waals surface area contributed by atoms with E-state index in [1.807, 2.05) is 19.0 Å². The lowest BCUT2D eigenvalue weighted by Crippen LogP contribution is -2.37. The molecule has 0 aliphatic carbocycles. The normalized spacial score (nSPS) is 14.4. The molecule has 0 unspecified atom stereocenters. The maximum absolute atomic E-state index is 9.64. The predicted molar refractivity (Wildman–Crippen MR) is 103 cm³/mol. The molecule has 27 heavy (non-hydrogen) atoms. The van der Waals surface area contributed by atoms with Gasteiger partial charge in [-0.1, -0.05) is 0 Å². The van der Waals surface area contributed by atoms with E-state index in [0.717, 1.165) is 18.7 Å². The number of hydrazone groups is 1. The Bertz CT molecular complexity index is 807. The van der Waals surface area contributed by atoms with Crippen molar-refractivity contribution in [1.29, 1.82) is 0 Å². The molecule has 1 aliphatic heterocycles. The molecule has 1 aromatic heterocycles. The molecule has 0 atom stereocenters. The topological polar surface area (TPSA) is 108 Å². The predicted octanol–water partition coefficient (Wildman–Crippen LogP) is 0.934. The average molecular weight is 373 g/mol. The minimum absolute atomic E-state index is 0.0749. The van der Waals surface area contributed by atoms with Gasteiger partial charge < -0.3 is 24.4 Å². The number of ether oxygens (including phenoxy) is 2. The second-order valence-electron chi connectivity index (χ2n) is 6.05. The van der Waals surface area contributed by atoms with Crippen molar-refractivity contribution in [3.05, 3.63) is 23.8 Å². The van der Waals surface area contributed by atoms with Gasteiger partial charge in [0.1, 0.15) is 0 Å². The van der Waals surface area contributed by atoms with Crippen molar-refractivity contribution in [2.75, 3.05) is 62.7 Å². The molecule has 0 saturated carbocycles. The highest BCUT2D eigenvalue weighted by atomic mass is 16.5. The lowest BCUT2D eigenvalue weighted by Gasteiger charge is -2.27. The van der Waals surface area contributed by atoms with E-state index >= 15 is 0 Å². The van der Waals surface area contributed by atoms with Crippen LogP contribution in [0.4, 0.5) is 17.8 Å². The fourth-order valence-corrected chi connectivity index (χ4v) is 2.45. The van der Waals surface area contributed by atoms with Crippen molar-refractivity contribution in [2.45, 2.75) is 0 Å². The van der Waals surface area contributed by atoms with E-state index in [9.17, 15) is 5.11 Å². The molecule has 3 rings (SSSR count). The fraction of sp³-hybridized carbons (Fsp3) is 0.412. The summed E-state index contributed by atoms with van der Waals surface area (Å²) in [6.45, 7) is 2.75. The van der Waals surface area contributed by atoms with Gasteiger partial charge in [-0.2, -0.15) is 20.1 Å². The van der Waals surface area contributed by atoms with Crippen LogP contribution in [-0.2, 0) is 4.74 Å². The number of phenols is 1. The van der Waals surface area contributed by atoms with Crippen LogP contribution in [-0.4, -0.2) is 73.8 Å². The SMILES string of the molecule is COc1cc(/C=N/Nc2nc(N(C)C)nc(N3CCOCC3)n2)ccc1O. The van der Waals surface area contributed by atoms with E-state index in [2.05, 4.69) is 30.4 Å². The van der Waals surface area contributed by atoms with Crippen molar-refractivity contribution in [1.82, 2.24) is 15.0 Å². The standard InChI is InChI=1S/C17H23N7O3/c1-23(2)16-19-15(20-17(21-16)24-6-8-27-9-7-24)22-18-11-12-4-5-13(25)14(10-12)26-3/h4-5,10-11,25H,6-9H2,1-3H3,(H,19,20,21,22)/b18-11+. The molecule has 1 aliphatic rings. The highest BCUT2D eigenvalue weighted by Gasteiger charge is 2.17. The van der Waals surface area contributed by atoms with Crippen molar-refractivity contribution >= 4 is 24.1 Å². The summed E-state index contributed by atoms with van der Waals surface area (Å²) in [7, 11) is 5.23. The summed E-state index contributed by atoms with van der Waals surface area (Å²) in [6.07, 6.45) is 1.59. The Kier molecular flexibility index (Phi) is 5.87. The van der Waals surface area contributed by atoms with E-state index in [1.54, 1.807) is 24.4 Å². The zero-order valence-electron chi connectivity index (χ0n) is 15.6. The van der Waals surface area contributed by atoms with Gasteiger partial charge in [0.15, 0.2) is 11.5 Å². The van der Waals surface area contributed by atoms with Crippen LogP contribution in [0.3, 0.4) is 0 Å². The highest BCUT2D eigenvalue weighted by molar-refractivity contribution is 5.81. The van der Waals surface area contributed by atoms with Crippen LogP contribution in [0, 0.1) is 0 Å². The molecule has 0 amide bonds. The maximum Gasteiger partial charge on any atom is 0.250 e. The summed E-state index contributed by atoms with van der Waals surface area (Å²) in [6, 6.07) is 4.95. The van der Waals surface area contributed by atoms with Crippen molar-refractivity contribution in [2.24, 2.45) is 5.10 Å². The molecular formula is C17H23N7O3. The second kappa shape index (κ2) is 8.49. The first-order valence-electron chi connectivity index (χ1n) is 8.49. The lowest BCUT2D eigenvalue weighted by atomic mass is 10.2. The molecule has 144 valence electrons. The Hall–Kier alpha value is -3.14. The minimum atomic E-state index is 0.0749. The number of morpholine rings is 1. The Labute approximate surface area is 157 Å². The van der Waals surface area contributed by atoms with E-state index in [1.165, 1.54) is 7.11 Å².